The van der Waals surface area contributed by atoms with Crippen LogP contribution in [0.3, 0.4) is 0 Å². The molecule has 1 saturated carbocycles. The largest absolute Gasteiger partial charge is 0.399 e. The van der Waals surface area contributed by atoms with Crippen molar-refractivity contribution in [3.05, 3.63) is 48.5 Å². The molecule has 1 aliphatic rings. The summed E-state index contributed by atoms with van der Waals surface area (Å²) in [6.45, 7) is 0. The molecule has 0 saturated heterocycles. The molecule has 2 N–H and O–H groups in total. The Hall–Kier alpha value is -2.29. The lowest BCUT2D eigenvalue weighted by atomic mass is 9.95. The van der Waals surface area contributed by atoms with E-state index in [2.05, 4.69) is 34.9 Å². The standard InChI is InChI=1S/C19H21N3/c20-15-8-6-7-14(13-15)19-21-17-11-4-5-12-18(17)22(19)16-9-2-1-3-10-16/h4-8,11-13,16H,1-3,9-10,20H2. The van der Waals surface area contributed by atoms with E-state index in [1.165, 1.54) is 37.6 Å². The molecule has 112 valence electrons. The molecule has 1 fully saturated rings. The second-order valence-corrected chi connectivity index (χ2v) is 6.21. The number of para-hydroxylation sites is 2. The van der Waals surface area contributed by atoms with E-state index in [4.69, 9.17) is 10.7 Å². The minimum atomic E-state index is 0.553. The molecule has 3 aromatic rings. The molecular weight excluding hydrogens is 270 g/mol. The van der Waals surface area contributed by atoms with Crippen LogP contribution in [0.1, 0.15) is 38.1 Å². The van der Waals surface area contributed by atoms with Crippen LogP contribution >= 0.6 is 0 Å². The average Bonchev–Trinajstić information content (AvgIpc) is 2.95. The first-order valence-corrected chi connectivity index (χ1v) is 8.16. The molecule has 1 heterocycles. The maximum atomic E-state index is 5.98. The number of hydrogen-bond donors (Lipinski definition) is 1. The molecule has 22 heavy (non-hydrogen) atoms. The van der Waals surface area contributed by atoms with Crippen molar-refractivity contribution in [3.8, 4) is 11.4 Å². The zero-order chi connectivity index (χ0) is 14.9. The van der Waals surface area contributed by atoms with Gasteiger partial charge in [0.25, 0.3) is 0 Å². The van der Waals surface area contributed by atoms with Crippen molar-refractivity contribution in [1.82, 2.24) is 9.55 Å². The van der Waals surface area contributed by atoms with Crippen molar-refractivity contribution in [3.63, 3.8) is 0 Å². The molecule has 0 aliphatic heterocycles. The van der Waals surface area contributed by atoms with E-state index in [0.29, 0.717) is 6.04 Å². The van der Waals surface area contributed by atoms with Gasteiger partial charge in [-0.25, -0.2) is 4.98 Å². The van der Waals surface area contributed by atoms with Crippen LogP contribution in [0.15, 0.2) is 48.5 Å². The van der Waals surface area contributed by atoms with Gasteiger partial charge < -0.3 is 10.3 Å². The zero-order valence-corrected chi connectivity index (χ0v) is 12.7. The molecule has 0 amide bonds. The van der Waals surface area contributed by atoms with Gasteiger partial charge in [0.1, 0.15) is 5.82 Å². The van der Waals surface area contributed by atoms with Crippen molar-refractivity contribution in [1.29, 1.82) is 0 Å². The van der Waals surface area contributed by atoms with Gasteiger partial charge in [-0.3, -0.25) is 0 Å². The topological polar surface area (TPSA) is 43.8 Å². The lowest BCUT2D eigenvalue weighted by Gasteiger charge is -2.25. The number of rotatable bonds is 2. The third-order valence-electron chi connectivity index (χ3n) is 4.68. The molecule has 3 heteroatoms. The first-order chi connectivity index (χ1) is 10.8. The second kappa shape index (κ2) is 5.48. The molecule has 1 aromatic heterocycles. The summed E-state index contributed by atoms with van der Waals surface area (Å²) in [4.78, 5) is 4.91. The van der Waals surface area contributed by atoms with Gasteiger partial charge in [-0.15, -0.1) is 0 Å². The molecule has 0 unspecified atom stereocenters. The Kier molecular flexibility index (Phi) is 3.34. The number of aromatic nitrogens is 2. The Balaban J connectivity index is 1.93. The fraction of sp³-hybridized carbons (Fsp3) is 0.316. The van der Waals surface area contributed by atoms with E-state index in [-0.39, 0.29) is 0 Å². The van der Waals surface area contributed by atoms with Crippen LogP contribution in [-0.4, -0.2) is 9.55 Å². The van der Waals surface area contributed by atoms with Gasteiger partial charge in [-0.2, -0.15) is 0 Å². The highest BCUT2D eigenvalue weighted by atomic mass is 15.1. The summed E-state index contributed by atoms with van der Waals surface area (Å²) in [6, 6.07) is 17.1. The summed E-state index contributed by atoms with van der Waals surface area (Å²) >= 11 is 0. The number of nitrogens with two attached hydrogens (primary N) is 1. The minimum Gasteiger partial charge on any atom is -0.399 e. The highest BCUT2D eigenvalue weighted by molar-refractivity contribution is 5.81. The van der Waals surface area contributed by atoms with Crippen LogP contribution in [0.2, 0.25) is 0 Å². The summed E-state index contributed by atoms with van der Waals surface area (Å²) < 4.78 is 2.45. The number of nitrogens with zero attached hydrogens (tertiary/aromatic N) is 2. The summed E-state index contributed by atoms with van der Waals surface area (Å²) in [7, 11) is 0. The number of benzene rings is 2. The molecular formula is C19H21N3. The second-order valence-electron chi connectivity index (χ2n) is 6.21. The van der Waals surface area contributed by atoms with Crippen LogP contribution in [0.25, 0.3) is 22.4 Å². The van der Waals surface area contributed by atoms with Gasteiger partial charge in [-0.05, 0) is 37.1 Å². The van der Waals surface area contributed by atoms with Crippen LogP contribution in [0.5, 0.6) is 0 Å². The molecule has 0 spiro atoms. The van der Waals surface area contributed by atoms with E-state index < -0.39 is 0 Å². The van der Waals surface area contributed by atoms with E-state index in [1.807, 2.05) is 18.2 Å². The third-order valence-corrected chi connectivity index (χ3v) is 4.68. The maximum Gasteiger partial charge on any atom is 0.141 e. The average molecular weight is 291 g/mol. The predicted octanol–water partition coefficient (Wildman–Crippen LogP) is 4.79. The molecule has 0 bridgehead atoms. The van der Waals surface area contributed by atoms with Crippen molar-refractivity contribution in [2.75, 3.05) is 5.73 Å². The van der Waals surface area contributed by atoms with Crippen LogP contribution in [0.4, 0.5) is 5.69 Å². The highest BCUT2D eigenvalue weighted by Gasteiger charge is 2.22. The third kappa shape index (κ3) is 2.27. The zero-order valence-electron chi connectivity index (χ0n) is 12.7. The Morgan fingerprint density at radius 3 is 2.59 bits per heavy atom. The van der Waals surface area contributed by atoms with Crippen molar-refractivity contribution < 1.29 is 0 Å². The smallest absolute Gasteiger partial charge is 0.141 e. The van der Waals surface area contributed by atoms with Gasteiger partial charge in [0, 0.05) is 17.3 Å². The summed E-state index contributed by atoms with van der Waals surface area (Å²) in [5, 5.41) is 0. The van der Waals surface area contributed by atoms with E-state index >= 15 is 0 Å². The first-order valence-electron chi connectivity index (χ1n) is 8.16. The maximum absolute atomic E-state index is 5.98. The number of nitrogen functional groups attached to an aromatic ring is 1. The Bertz CT molecular complexity index is 797. The molecule has 3 nitrogen and oxygen atoms in total. The SMILES string of the molecule is Nc1cccc(-c2nc3ccccc3n2C2CCCCC2)c1. The normalized spacial score (nSPS) is 16.2. The van der Waals surface area contributed by atoms with E-state index in [0.717, 1.165) is 22.6 Å². The van der Waals surface area contributed by atoms with Crippen LogP contribution < -0.4 is 5.73 Å². The predicted molar refractivity (Wildman–Crippen MR) is 91.7 cm³/mol. The van der Waals surface area contributed by atoms with Crippen molar-refractivity contribution in [2.24, 2.45) is 0 Å². The fourth-order valence-electron chi connectivity index (χ4n) is 3.63. The van der Waals surface area contributed by atoms with Crippen LogP contribution in [0, 0.1) is 0 Å². The molecule has 0 atom stereocenters. The molecule has 1 aliphatic carbocycles. The first kappa shape index (κ1) is 13.4. The number of hydrogen-bond acceptors (Lipinski definition) is 2. The quantitative estimate of drug-likeness (QED) is 0.690. The Morgan fingerprint density at radius 2 is 1.77 bits per heavy atom. The van der Waals surface area contributed by atoms with Gasteiger partial charge in [0.15, 0.2) is 0 Å². The summed E-state index contributed by atoms with van der Waals surface area (Å²) in [6.07, 6.45) is 6.48. The Morgan fingerprint density at radius 1 is 0.955 bits per heavy atom. The van der Waals surface area contributed by atoms with Gasteiger partial charge >= 0.3 is 0 Å². The fourth-order valence-corrected chi connectivity index (χ4v) is 3.63. The van der Waals surface area contributed by atoms with Gasteiger partial charge in [0.05, 0.1) is 11.0 Å². The summed E-state index contributed by atoms with van der Waals surface area (Å²) in [5.41, 5.74) is 10.2. The minimum absolute atomic E-state index is 0.553. The van der Waals surface area contributed by atoms with Crippen molar-refractivity contribution in [2.45, 2.75) is 38.1 Å². The molecule has 2 aromatic carbocycles. The number of fused-ring (bicyclic) bond motifs is 1. The monoisotopic (exact) mass is 291 g/mol. The molecule has 0 radical (unpaired) electrons. The summed E-state index contributed by atoms with van der Waals surface area (Å²) in [5.74, 6) is 1.06. The Labute approximate surface area is 130 Å². The van der Waals surface area contributed by atoms with E-state index in [1.54, 1.807) is 0 Å². The lowest BCUT2D eigenvalue weighted by molar-refractivity contribution is 0.362. The number of anilines is 1. The van der Waals surface area contributed by atoms with Crippen molar-refractivity contribution >= 4 is 16.7 Å². The number of imidazole rings is 1. The van der Waals surface area contributed by atoms with Gasteiger partial charge in [-0.1, -0.05) is 43.5 Å². The van der Waals surface area contributed by atoms with Crippen LogP contribution in [-0.2, 0) is 0 Å². The van der Waals surface area contributed by atoms with E-state index in [9.17, 15) is 0 Å². The molecule has 4 rings (SSSR count). The lowest BCUT2D eigenvalue weighted by Crippen LogP contribution is -2.14. The van der Waals surface area contributed by atoms with Gasteiger partial charge in [0.2, 0.25) is 0 Å². The highest BCUT2D eigenvalue weighted by Crippen LogP contribution is 2.36.